The summed E-state index contributed by atoms with van der Waals surface area (Å²) in [6.45, 7) is 0. The summed E-state index contributed by atoms with van der Waals surface area (Å²) >= 11 is 0. The van der Waals surface area contributed by atoms with Gasteiger partial charge in [0.2, 0.25) is 0 Å². The molecule has 2 fully saturated rings. The highest BCUT2D eigenvalue weighted by Crippen LogP contribution is 2.38. The van der Waals surface area contributed by atoms with Crippen LogP contribution in [0.1, 0.15) is 25.7 Å². The van der Waals surface area contributed by atoms with Crippen LogP contribution in [0, 0.1) is 0 Å². The van der Waals surface area contributed by atoms with Crippen molar-refractivity contribution in [1.29, 1.82) is 0 Å². The van der Waals surface area contributed by atoms with Crippen molar-refractivity contribution in [2.24, 2.45) is 0 Å². The van der Waals surface area contributed by atoms with Gasteiger partial charge < -0.3 is 5.11 Å². The van der Waals surface area contributed by atoms with E-state index in [0.29, 0.717) is 22.6 Å². The molecule has 0 aromatic heterocycles. The SMILES string of the molecule is CN1C(=O)C(=O)N(C2(C(=O)O)CCCC2)C1=O. The van der Waals surface area contributed by atoms with E-state index in [2.05, 4.69) is 0 Å². The number of carbonyl (C=O) groups is 4. The Kier molecular flexibility index (Phi) is 2.41. The van der Waals surface area contributed by atoms with Gasteiger partial charge in [0.25, 0.3) is 0 Å². The van der Waals surface area contributed by atoms with Crippen molar-refractivity contribution in [2.45, 2.75) is 31.2 Å². The molecule has 0 spiro atoms. The van der Waals surface area contributed by atoms with Gasteiger partial charge in [0.15, 0.2) is 0 Å². The third kappa shape index (κ3) is 1.35. The first-order chi connectivity index (χ1) is 7.92. The van der Waals surface area contributed by atoms with E-state index >= 15 is 0 Å². The number of imide groups is 2. The fourth-order valence-corrected chi connectivity index (χ4v) is 2.43. The van der Waals surface area contributed by atoms with Gasteiger partial charge in [-0.1, -0.05) is 12.8 Å². The van der Waals surface area contributed by atoms with E-state index in [9.17, 15) is 24.3 Å². The molecule has 4 amide bonds. The normalized spacial score (nSPS) is 23.7. The minimum Gasteiger partial charge on any atom is -0.479 e. The Bertz CT molecular complexity index is 424. The predicted octanol–water partition coefficient (Wildman–Crippen LogP) is -0.196. The fraction of sp³-hybridized carbons (Fsp3) is 0.600. The molecule has 0 atom stereocenters. The van der Waals surface area contributed by atoms with Crippen LogP contribution < -0.4 is 0 Å². The Morgan fingerprint density at radius 2 is 1.71 bits per heavy atom. The van der Waals surface area contributed by atoms with Crippen molar-refractivity contribution < 1.29 is 24.3 Å². The molecule has 0 bridgehead atoms. The summed E-state index contributed by atoms with van der Waals surface area (Å²) in [5.74, 6) is -3.23. The monoisotopic (exact) mass is 240 g/mol. The third-order valence-electron chi connectivity index (χ3n) is 3.43. The van der Waals surface area contributed by atoms with Crippen LogP contribution >= 0.6 is 0 Å². The molecule has 1 saturated carbocycles. The van der Waals surface area contributed by atoms with Crippen LogP contribution in [0.3, 0.4) is 0 Å². The van der Waals surface area contributed by atoms with E-state index < -0.39 is 29.4 Å². The summed E-state index contributed by atoms with van der Waals surface area (Å²) < 4.78 is 0. The number of carbonyl (C=O) groups excluding carboxylic acids is 3. The van der Waals surface area contributed by atoms with Crippen LogP contribution in [0.5, 0.6) is 0 Å². The fourth-order valence-electron chi connectivity index (χ4n) is 2.43. The number of carboxylic acid groups (broad SMARTS) is 1. The maximum absolute atomic E-state index is 11.8. The van der Waals surface area contributed by atoms with Crippen molar-refractivity contribution in [2.75, 3.05) is 7.05 Å². The first-order valence-corrected chi connectivity index (χ1v) is 5.31. The smallest absolute Gasteiger partial charge is 0.334 e. The minimum atomic E-state index is -1.53. The molecule has 1 saturated heterocycles. The number of urea groups is 1. The molecule has 0 radical (unpaired) electrons. The molecule has 0 unspecified atom stereocenters. The first-order valence-electron chi connectivity index (χ1n) is 5.31. The van der Waals surface area contributed by atoms with Gasteiger partial charge in [-0.25, -0.2) is 14.5 Å². The van der Waals surface area contributed by atoms with Crippen LogP contribution in [0.4, 0.5) is 4.79 Å². The Morgan fingerprint density at radius 1 is 1.18 bits per heavy atom. The lowest BCUT2D eigenvalue weighted by molar-refractivity contribution is -0.155. The average molecular weight is 240 g/mol. The van der Waals surface area contributed by atoms with Gasteiger partial charge in [-0.15, -0.1) is 0 Å². The van der Waals surface area contributed by atoms with E-state index in [4.69, 9.17) is 0 Å². The van der Waals surface area contributed by atoms with Crippen LogP contribution in [-0.2, 0) is 14.4 Å². The van der Waals surface area contributed by atoms with Crippen LogP contribution in [0.15, 0.2) is 0 Å². The molecule has 2 rings (SSSR count). The van der Waals surface area contributed by atoms with Crippen molar-refractivity contribution >= 4 is 23.8 Å². The second-order valence-electron chi connectivity index (χ2n) is 4.33. The van der Waals surface area contributed by atoms with Crippen LogP contribution in [0.25, 0.3) is 0 Å². The maximum atomic E-state index is 11.8. The molecule has 0 aromatic rings. The van der Waals surface area contributed by atoms with E-state index in [1.54, 1.807) is 0 Å². The predicted molar refractivity (Wildman–Crippen MR) is 53.8 cm³/mol. The minimum absolute atomic E-state index is 0.209. The van der Waals surface area contributed by atoms with Gasteiger partial charge >= 0.3 is 23.8 Å². The molecule has 92 valence electrons. The molecule has 1 N–H and O–H groups in total. The number of hydrogen-bond acceptors (Lipinski definition) is 4. The average Bonchev–Trinajstić information content (AvgIpc) is 2.82. The Balaban J connectivity index is 2.45. The summed E-state index contributed by atoms with van der Waals surface area (Å²) in [7, 11) is 1.17. The first kappa shape index (κ1) is 11.6. The van der Waals surface area contributed by atoms with Gasteiger partial charge in [0, 0.05) is 7.05 Å². The lowest BCUT2D eigenvalue weighted by Crippen LogP contribution is -2.55. The highest BCUT2D eigenvalue weighted by Gasteiger charge is 2.58. The summed E-state index contributed by atoms with van der Waals surface area (Å²) in [4.78, 5) is 47.4. The maximum Gasteiger partial charge on any atom is 0.334 e. The van der Waals surface area contributed by atoms with Gasteiger partial charge in [0.05, 0.1) is 0 Å². The van der Waals surface area contributed by atoms with E-state index in [-0.39, 0.29) is 12.8 Å². The Hall–Kier alpha value is -1.92. The van der Waals surface area contributed by atoms with E-state index in [0.717, 1.165) is 0 Å². The molecule has 7 heteroatoms. The Labute approximate surface area is 97.0 Å². The zero-order valence-corrected chi connectivity index (χ0v) is 9.30. The van der Waals surface area contributed by atoms with Crippen LogP contribution in [-0.4, -0.2) is 51.3 Å². The van der Waals surface area contributed by atoms with Gasteiger partial charge in [-0.3, -0.25) is 14.5 Å². The lowest BCUT2D eigenvalue weighted by Gasteiger charge is -2.31. The zero-order valence-electron chi connectivity index (χ0n) is 9.30. The molecule has 2 aliphatic rings. The van der Waals surface area contributed by atoms with E-state index in [1.165, 1.54) is 7.05 Å². The zero-order chi connectivity index (χ0) is 12.8. The summed E-state index contributed by atoms with van der Waals surface area (Å²) in [5.41, 5.74) is -1.53. The topological polar surface area (TPSA) is 95.0 Å². The number of likely N-dealkylation sites (N-methyl/N-ethyl adjacent to an activating group) is 1. The number of aliphatic carboxylic acids is 1. The molecule has 1 heterocycles. The van der Waals surface area contributed by atoms with E-state index in [1.807, 2.05) is 0 Å². The van der Waals surface area contributed by atoms with Crippen molar-refractivity contribution in [1.82, 2.24) is 9.80 Å². The number of hydrogen-bond donors (Lipinski definition) is 1. The molecule has 1 aliphatic carbocycles. The Morgan fingerprint density at radius 3 is 2.06 bits per heavy atom. The van der Waals surface area contributed by atoms with Gasteiger partial charge in [-0.05, 0) is 12.8 Å². The number of nitrogens with zero attached hydrogens (tertiary/aromatic N) is 2. The summed E-state index contributed by atoms with van der Waals surface area (Å²) in [6, 6.07) is -0.843. The molecular weight excluding hydrogens is 228 g/mol. The van der Waals surface area contributed by atoms with Crippen molar-refractivity contribution in [3.8, 4) is 0 Å². The molecule has 0 aromatic carbocycles. The number of amides is 4. The second-order valence-corrected chi connectivity index (χ2v) is 4.33. The quantitative estimate of drug-likeness (QED) is 0.533. The third-order valence-corrected chi connectivity index (χ3v) is 3.43. The van der Waals surface area contributed by atoms with Crippen LogP contribution in [0.2, 0.25) is 0 Å². The highest BCUT2D eigenvalue weighted by molar-refractivity contribution is 6.45. The number of carboxylic acids is 1. The molecular formula is C10H12N2O5. The molecule has 7 nitrogen and oxygen atoms in total. The van der Waals surface area contributed by atoms with Gasteiger partial charge in [0.1, 0.15) is 5.54 Å². The van der Waals surface area contributed by atoms with Gasteiger partial charge in [-0.2, -0.15) is 0 Å². The molecule has 17 heavy (non-hydrogen) atoms. The number of rotatable bonds is 2. The van der Waals surface area contributed by atoms with Crippen molar-refractivity contribution in [3.05, 3.63) is 0 Å². The standard InChI is InChI=1S/C10H12N2O5/c1-11-6(13)7(14)12(9(11)17)10(8(15)16)4-2-3-5-10/h2-5H2,1H3,(H,15,16). The molecule has 1 aliphatic heterocycles. The highest BCUT2D eigenvalue weighted by atomic mass is 16.4. The second kappa shape index (κ2) is 3.54. The largest absolute Gasteiger partial charge is 0.479 e. The van der Waals surface area contributed by atoms with Crippen molar-refractivity contribution in [3.63, 3.8) is 0 Å². The summed E-state index contributed by atoms with van der Waals surface area (Å²) in [6.07, 6.45) is 1.67. The summed E-state index contributed by atoms with van der Waals surface area (Å²) in [5, 5.41) is 9.26. The lowest BCUT2D eigenvalue weighted by atomic mass is 9.95.